The minimum Gasteiger partial charge on any atom is -0.487 e. The van der Waals surface area contributed by atoms with Gasteiger partial charge in [0.25, 0.3) is 0 Å². The van der Waals surface area contributed by atoms with Gasteiger partial charge in [0.05, 0.1) is 10.9 Å². The summed E-state index contributed by atoms with van der Waals surface area (Å²) in [4.78, 5) is 0. The molecule has 0 amide bonds. The Morgan fingerprint density at radius 2 is 1.74 bits per heavy atom. The molecule has 0 bridgehead atoms. The lowest BCUT2D eigenvalue weighted by atomic mass is 10.2. The van der Waals surface area contributed by atoms with Gasteiger partial charge in [0, 0.05) is 15.1 Å². The molecule has 1 nitrogen and oxygen atoms in total. The highest BCUT2D eigenvalue weighted by molar-refractivity contribution is 9.10. The summed E-state index contributed by atoms with van der Waals surface area (Å²) in [5, 5.41) is 1.02. The molecule has 0 unspecified atom stereocenters. The highest BCUT2D eigenvalue weighted by atomic mass is 79.9. The van der Waals surface area contributed by atoms with Crippen LogP contribution in [-0.4, -0.2) is 0 Å². The van der Waals surface area contributed by atoms with Gasteiger partial charge in [-0.05, 0) is 29.8 Å². The van der Waals surface area contributed by atoms with Crippen LogP contribution in [0.2, 0.25) is 10.0 Å². The van der Waals surface area contributed by atoms with Crippen LogP contribution in [0.1, 0.15) is 11.1 Å². The summed E-state index contributed by atoms with van der Waals surface area (Å²) >= 11 is 21.3. The molecule has 0 saturated heterocycles. The minimum absolute atomic E-state index is 0.302. The van der Waals surface area contributed by atoms with Crippen LogP contribution >= 0.6 is 50.7 Å². The Morgan fingerprint density at radius 3 is 2.37 bits per heavy atom. The van der Waals surface area contributed by atoms with Crippen molar-refractivity contribution < 1.29 is 4.74 Å². The fourth-order valence-corrected chi connectivity index (χ4v) is 2.66. The van der Waals surface area contributed by atoms with Crippen molar-refractivity contribution in [2.45, 2.75) is 12.5 Å². The lowest BCUT2D eigenvalue weighted by Gasteiger charge is -2.12. The van der Waals surface area contributed by atoms with Gasteiger partial charge in [-0.25, -0.2) is 0 Å². The second-order valence-corrected chi connectivity index (χ2v) is 5.95. The van der Waals surface area contributed by atoms with Gasteiger partial charge < -0.3 is 4.74 Å². The SMILES string of the molecule is ClCc1cc(Cl)cc(Cl)c1OCc1ccc(Br)cc1. The van der Waals surface area contributed by atoms with Gasteiger partial charge in [-0.15, -0.1) is 11.6 Å². The summed E-state index contributed by atoms with van der Waals surface area (Å²) in [6.07, 6.45) is 0. The molecule has 5 heteroatoms. The average molecular weight is 380 g/mol. The Hall–Kier alpha value is -0.410. The van der Waals surface area contributed by atoms with E-state index in [4.69, 9.17) is 39.5 Å². The standard InChI is InChI=1S/C14H10BrCl3O/c15-11-3-1-9(2-4-11)8-19-14-10(7-16)5-12(17)6-13(14)18/h1-6H,7-8H2. The summed E-state index contributed by atoms with van der Waals surface area (Å²) in [6, 6.07) is 11.3. The molecule has 0 N–H and O–H groups in total. The van der Waals surface area contributed by atoms with E-state index in [0.29, 0.717) is 28.3 Å². The molecule has 0 fully saturated rings. The highest BCUT2D eigenvalue weighted by Gasteiger charge is 2.10. The monoisotopic (exact) mass is 378 g/mol. The maximum Gasteiger partial charge on any atom is 0.142 e. The summed E-state index contributed by atoms with van der Waals surface area (Å²) in [7, 11) is 0. The first kappa shape index (κ1) is 15.0. The fourth-order valence-electron chi connectivity index (χ4n) is 1.61. The molecule has 0 aliphatic carbocycles. The molecule has 0 heterocycles. The van der Waals surface area contributed by atoms with E-state index < -0.39 is 0 Å². The van der Waals surface area contributed by atoms with Crippen LogP contribution in [0.3, 0.4) is 0 Å². The van der Waals surface area contributed by atoms with E-state index in [1.54, 1.807) is 12.1 Å². The van der Waals surface area contributed by atoms with Crippen LogP contribution in [0, 0.1) is 0 Å². The number of halogens is 4. The van der Waals surface area contributed by atoms with Crippen molar-refractivity contribution >= 4 is 50.7 Å². The van der Waals surface area contributed by atoms with Crippen molar-refractivity contribution in [3.63, 3.8) is 0 Å². The molecule has 0 atom stereocenters. The van der Waals surface area contributed by atoms with Crippen molar-refractivity contribution in [1.82, 2.24) is 0 Å². The van der Waals surface area contributed by atoms with Crippen LogP contribution in [0.15, 0.2) is 40.9 Å². The number of hydrogen-bond donors (Lipinski definition) is 0. The lowest BCUT2D eigenvalue weighted by molar-refractivity contribution is 0.304. The number of rotatable bonds is 4. The summed E-state index contributed by atoms with van der Waals surface area (Å²) in [5.41, 5.74) is 1.84. The van der Waals surface area contributed by atoms with Gasteiger partial charge in [0.1, 0.15) is 12.4 Å². The second-order valence-electron chi connectivity index (χ2n) is 3.92. The van der Waals surface area contributed by atoms with Crippen molar-refractivity contribution in [1.29, 1.82) is 0 Å². The van der Waals surface area contributed by atoms with Crippen molar-refractivity contribution in [3.05, 3.63) is 62.0 Å². The fraction of sp³-hybridized carbons (Fsp3) is 0.143. The van der Waals surface area contributed by atoms with Gasteiger partial charge in [0.2, 0.25) is 0 Å². The van der Waals surface area contributed by atoms with Gasteiger partial charge in [-0.2, -0.15) is 0 Å². The van der Waals surface area contributed by atoms with Crippen LogP contribution in [0.4, 0.5) is 0 Å². The van der Waals surface area contributed by atoms with E-state index in [0.717, 1.165) is 15.6 Å². The van der Waals surface area contributed by atoms with Gasteiger partial charge in [-0.1, -0.05) is 51.3 Å². The predicted molar refractivity (Wildman–Crippen MR) is 84.5 cm³/mol. The number of benzene rings is 2. The quantitative estimate of drug-likeness (QED) is 0.585. The molecule has 2 aromatic carbocycles. The number of alkyl halides is 1. The molecule has 19 heavy (non-hydrogen) atoms. The van der Waals surface area contributed by atoms with Crippen LogP contribution in [0.5, 0.6) is 5.75 Å². The summed E-state index contributed by atoms with van der Waals surface area (Å²) < 4.78 is 6.78. The van der Waals surface area contributed by atoms with E-state index >= 15 is 0 Å². The molecule has 100 valence electrons. The first-order valence-corrected chi connectivity index (χ1v) is 7.59. The largest absolute Gasteiger partial charge is 0.487 e. The van der Waals surface area contributed by atoms with E-state index in [9.17, 15) is 0 Å². The third-order valence-corrected chi connectivity index (χ3v) is 3.84. The molecule has 0 spiro atoms. The Labute approximate surface area is 135 Å². The van der Waals surface area contributed by atoms with E-state index in [1.165, 1.54) is 0 Å². The Bertz CT molecular complexity index is 570. The zero-order valence-electron chi connectivity index (χ0n) is 9.80. The number of ether oxygens (including phenoxy) is 1. The molecule has 0 saturated carbocycles. The minimum atomic E-state index is 0.302. The van der Waals surface area contributed by atoms with Crippen LogP contribution < -0.4 is 4.74 Å². The zero-order chi connectivity index (χ0) is 13.8. The third-order valence-electron chi connectivity index (χ3n) is 2.53. The molecule has 0 aliphatic rings. The van der Waals surface area contributed by atoms with E-state index in [-0.39, 0.29) is 0 Å². The van der Waals surface area contributed by atoms with E-state index in [1.807, 2.05) is 24.3 Å². The topological polar surface area (TPSA) is 9.23 Å². The van der Waals surface area contributed by atoms with E-state index in [2.05, 4.69) is 15.9 Å². The van der Waals surface area contributed by atoms with Gasteiger partial charge in [-0.3, -0.25) is 0 Å². The predicted octanol–water partition coefficient (Wildman–Crippen LogP) is 6.07. The summed E-state index contributed by atoms with van der Waals surface area (Å²) in [6.45, 7) is 0.429. The molecular weight excluding hydrogens is 370 g/mol. The average Bonchev–Trinajstić information content (AvgIpc) is 2.39. The highest BCUT2D eigenvalue weighted by Crippen LogP contribution is 2.34. The first-order chi connectivity index (χ1) is 9.10. The first-order valence-electron chi connectivity index (χ1n) is 5.51. The number of hydrogen-bond acceptors (Lipinski definition) is 1. The van der Waals surface area contributed by atoms with Crippen molar-refractivity contribution in [2.75, 3.05) is 0 Å². The maximum absolute atomic E-state index is 6.13. The maximum atomic E-state index is 6.13. The van der Waals surface area contributed by atoms with Gasteiger partial charge >= 0.3 is 0 Å². The Morgan fingerprint density at radius 1 is 1.05 bits per heavy atom. The zero-order valence-corrected chi connectivity index (χ0v) is 13.7. The Kier molecular flexibility index (Phi) is 5.40. The molecule has 0 aromatic heterocycles. The van der Waals surface area contributed by atoms with Crippen molar-refractivity contribution in [2.24, 2.45) is 0 Å². The lowest BCUT2D eigenvalue weighted by Crippen LogP contribution is -1.98. The summed E-state index contributed by atoms with van der Waals surface area (Å²) in [5.74, 6) is 0.889. The second kappa shape index (κ2) is 6.85. The van der Waals surface area contributed by atoms with Crippen LogP contribution in [0.25, 0.3) is 0 Å². The molecule has 2 rings (SSSR count). The molecular formula is C14H10BrCl3O. The van der Waals surface area contributed by atoms with Crippen molar-refractivity contribution in [3.8, 4) is 5.75 Å². The molecule has 2 aromatic rings. The third kappa shape index (κ3) is 4.03. The normalized spacial score (nSPS) is 10.5. The molecule has 0 radical (unpaired) electrons. The van der Waals surface area contributed by atoms with Gasteiger partial charge in [0.15, 0.2) is 0 Å². The van der Waals surface area contributed by atoms with Crippen LogP contribution in [-0.2, 0) is 12.5 Å². The molecule has 0 aliphatic heterocycles. The Balaban J connectivity index is 2.17. The smallest absolute Gasteiger partial charge is 0.142 e.